The largest absolute Gasteiger partial charge is 0.493 e. The number of carbonyl (C=O) groups is 1. The van der Waals surface area contributed by atoms with Crippen LogP contribution in [0.2, 0.25) is 0 Å². The summed E-state index contributed by atoms with van der Waals surface area (Å²) >= 11 is 0. The SMILES string of the molecule is CC[C@@H]([C@H](C)O)n1ncn(-c2ccc(N3CCN(c4ccc(OC[C@@H]5CO[C@@](Cn6c[n+]([C@@H](C)C(C)OC(O)NC7O[C@H](CO)[C@H](O)[C@H]7OC(=O)CNC)cn6)(c6ccc(F)cc6F)C5)cc4)CC3)cc2)c1=O. The highest BCUT2D eigenvalue weighted by molar-refractivity contribution is 5.72. The lowest BCUT2D eigenvalue weighted by Gasteiger charge is -2.37. The Kier molecular flexibility index (Phi) is 17.2. The van der Waals surface area contributed by atoms with Gasteiger partial charge in [0.1, 0.15) is 54.1 Å². The Bertz CT molecular complexity index is 2650. The van der Waals surface area contributed by atoms with Gasteiger partial charge in [0.15, 0.2) is 12.3 Å². The first kappa shape index (κ1) is 53.4. The minimum atomic E-state index is -1.64. The van der Waals surface area contributed by atoms with Crippen molar-refractivity contribution in [3.8, 4) is 11.4 Å². The predicted molar refractivity (Wildman–Crippen MR) is 260 cm³/mol. The molecule has 396 valence electrons. The van der Waals surface area contributed by atoms with Crippen LogP contribution >= 0.6 is 0 Å². The summed E-state index contributed by atoms with van der Waals surface area (Å²) in [5, 5.41) is 55.3. The normalized spacial score (nSPS) is 24.3. The molecule has 0 bridgehead atoms. The Morgan fingerprint density at radius 2 is 1.64 bits per heavy atom. The molecule has 2 aromatic heterocycles. The Morgan fingerprint density at radius 1 is 0.973 bits per heavy atom. The third-order valence-electron chi connectivity index (χ3n) is 14.0. The number of anilines is 2. The first-order chi connectivity index (χ1) is 35.1. The summed E-state index contributed by atoms with van der Waals surface area (Å²) in [7, 11) is 1.56. The third kappa shape index (κ3) is 12.2. The summed E-state index contributed by atoms with van der Waals surface area (Å²) < 4.78 is 65.5. The van der Waals surface area contributed by atoms with Crippen molar-refractivity contribution in [1.29, 1.82) is 0 Å². The molecule has 0 saturated carbocycles. The van der Waals surface area contributed by atoms with Gasteiger partial charge in [-0.1, -0.05) is 13.0 Å². The smallest absolute Gasteiger partial charge is 0.350 e. The molecule has 3 saturated heterocycles. The van der Waals surface area contributed by atoms with Gasteiger partial charge in [0.2, 0.25) is 12.7 Å². The molecule has 5 heterocycles. The predicted octanol–water partition coefficient (Wildman–Crippen LogP) is 1.51. The van der Waals surface area contributed by atoms with Gasteiger partial charge in [0, 0.05) is 60.2 Å². The highest BCUT2D eigenvalue weighted by Gasteiger charge is 2.48. The fourth-order valence-electron chi connectivity index (χ4n) is 9.79. The Morgan fingerprint density at radius 3 is 2.27 bits per heavy atom. The van der Waals surface area contributed by atoms with Crippen LogP contribution in [-0.4, -0.2) is 153 Å². The van der Waals surface area contributed by atoms with Crippen molar-refractivity contribution in [2.24, 2.45) is 5.92 Å². The average Bonchev–Trinajstić information content (AvgIpc) is 4.18. The molecular formula is C50H67F2N10O11+. The number of ether oxygens (including phenoxy) is 5. The van der Waals surface area contributed by atoms with Gasteiger partial charge < -0.3 is 59.2 Å². The van der Waals surface area contributed by atoms with Gasteiger partial charge in [-0.3, -0.25) is 4.79 Å². The van der Waals surface area contributed by atoms with Crippen molar-refractivity contribution in [2.45, 2.75) is 108 Å². The van der Waals surface area contributed by atoms with Crippen molar-refractivity contribution >= 4 is 17.3 Å². The molecule has 0 radical (unpaired) electrons. The molecule has 5 aromatic rings. The number of carbonyl (C=O) groups excluding carboxylic acids is 1. The zero-order valence-electron chi connectivity index (χ0n) is 41.6. The van der Waals surface area contributed by atoms with Crippen LogP contribution in [0.25, 0.3) is 5.69 Å². The van der Waals surface area contributed by atoms with E-state index in [1.165, 1.54) is 27.7 Å². The topological polar surface area (TPSA) is 236 Å². The minimum Gasteiger partial charge on any atom is -0.493 e. The highest BCUT2D eigenvalue weighted by atomic mass is 19.1. The molecule has 3 fully saturated rings. The van der Waals surface area contributed by atoms with Gasteiger partial charge in [0.05, 0.1) is 50.3 Å². The van der Waals surface area contributed by atoms with E-state index in [0.29, 0.717) is 24.3 Å². The number of hydrogen-bond acceptors (Lipinski definition) is 17. The molecule has 73 heavy (non-hydrogen) atoms. The molecule has 3 aliphatic heterocycles. The average molecular weight is 1020 g/mol. The molecular weight excluding hydrogens is 955 g/mol. The number of aliphatic hydroxyl groups excluding tert-OH is 4. The van der Waals surface area contributed by atoms with Crippen molar-refractivity contribution < 1.29 is 62.3 Å². The van der Waals surface area contributed by atoms with Crippen LogP contribution in [0.5, 0.6) is 5.75 Å². The monoisotopic (exact) mass is 1020 g/mol. The van der Waals surface area contributed by atoms with E-state index in [1.54, 1.807) is 42.8 Å². The summed E-state index contributed by atoms with van der Waals surface area (Å²) in [6.45, 7) is 10.2. The summed E-state index contributed by atoms with van der Waals surface area (Å²) in [6.07, 6.45) is -2.18. The highest BCUT2D eigenvalue weighted by Crippen LogP contribution is 2.42. The van der Waals surface area contributed by atoms with E-state index in [2.05, 4.69) is 30.6 Å². The molecule has 23 heteroatoms. The lowest BCUT2D eigenvalue weighted by atomic mass is 9.87. The number of hydrogen-bond donors (Lipinski definition) is 6. The van der Waals surface area contributed by atoms with E-state index in [1.807, 2.05) is 62.4 Å². The quantitative estimate of drug-likeness (QED) is 0.0328. The molecule has 8 rings (SSSR count). The van der Waals surface area contributed by atoms with Crippen LogP contribution in [0.3, 0.4) is 0 Å². The number of halogens is 2. The molecule has 3 aromatic carbocycles. The number of benzene rings is 3. The molecule has 0 spiro atoms. The Balaban J connectivity index is 0.839. The van der Waals surface area contributed by atoms with Gasteiger partial charge in [-0.05, 0) is 95.3 Å². The van der Waals surface area contributed by atoms with E-state index in [0.717, 1.165) is 43.6 Å². The zero-order chi connectivity index (χ0) is 52.0. The van der Waals surface area contributed by atoms with E-state index >= 15 is 4.39 Å². The second kappa shape index (κ2) is 23.5. The maximum Gasteiger partial charge on any atom is 0.350 e. The number of piperazine rings is 1. The number of aliphatic hydroxyl groups is 4. The van der Waals surface area contributed by atoms with E-state index in [-0.39, 0.29) is 43.5 Å². The van der Waals surface area contributed by atoms with E-state index in [4.69, 9.17) is 23.7 Å². The fourth-order valence-corrected chi connectivity index (χ4v) is 9.79. The number of nitrogens with zero attached hydrogens (tertiary/aromatic N) is 8. The van der Waals surface area contributed by atoms with Crippen molar-refractivity contribution in [1.82, 2.24) is 34.8 Å². The van der Waals surface area contributed by atoms with Gasteiger partial charge in [-0.2, -0.15) is 5.10 Å². The van der Waals surface area contributed by atoms with Crippen LogP contribution < -0.4 is 35.4 Å². The van der Waals surface area contributed by atoms with Gasteiger partial charge in [0.25, 0.3) is 6.33 Å². The summed E-state index contributed by atoms with van der Waals surface area (Å²) in [5.74, 6) is -1.60. The standard InChI is InChI=1S/C50H67F2N10O11/c1-6-42(32(3)64)62-49(68)61(29-55-62)38-10-8-36(9-11-38)57-17-19-58(20-18-57)37-12-14-39(15-13-37)69-25-34-22-50(70-26-34,40-16-7-35(51)21-41(40)52)27-60-30-59(28-54-60)31(2)33(4)71-48(67)56-47-46(73-44(65)23-53-5)45(66)43(24-63)72-47/h7-16,21,28-34,42-43,45-48,53,56,63-64,66-67H,6,17-20,22-27H2,1-5H3/q+1/t31-,32-,33?,34+,42-,43+,45-,46+,47?,48?,50-/m0/s1. The molecule has 0 aliphatic carbocycles. The van der Waals surface area contributed by atoms with Crippen LogP contribution in [0.1, 0.15) is 58.2 Å². The first-order valence-corrected chi connectivity index (χ1v) is 24.7. The number of aromatic nitrogens is 6. The molecule has 6 N–H and O–H groups in total. The molecule has 3 unspecified atom stereocenters. The maximum atomic E-state index is 15.6. The van der Waals surface area contributed by atoms with Crippen LogP contribution in [0.15, 0.2) is 90.5 Å². The summed E-state index contributed by atoms with van der Waals surface area (Å²) in [5.41, 5.74) is 1.49. The number of likely N-dealkylation sites (N-methyl/N-ethyl adjacent to an activating group) is 1. The van der Waals surface area contributed by atoms with Crippen molar-refractivity contribution in [3.63, 3.8) is 0 Å². The van der Waals surface area contributed by atoms with Gasteiger partial charge in [-0.25, -0.2) is 32.7 Å². The van der Waals surface area contributed by atoms with Crippen LogP contribution in [-0.2, 0) is 35.9 Å². The fraction of sp³-hybridized carbons (Fsp3) is 0.540. The number of esters is 1. The van der Waals surface area contributed by atoms with Crippen molar-refractivity contribution in [3.05, 3.63) is 113 Å². The second-order valence-corrected chi connectivity index (χ2v) is 19.0. The van der Waals surface area contributed by atoms with Gasteiger partial charge in [-0.15, -0.1) is 4.68 Å². The molecule has 0 amide bonds. The van der Waals surface area contributed by atoms with Gasteiger partial charge >= 0.3 is 11.7 Å². The molecule has 11 atom stereocenters. The Labute approximate surface area is 421 Å². The van der Waals surface area contributed by atoms with Crippen molar-refractivity contribution in [2.75, 3.05) is 69.4 Å². The molecule has 21 nitrogen and oxygen atoms in total. The summed E-state index contributed by atoms with van der Waals surface area (Å²) in [6, 6.07) is 18.4. The second-order valence-electron chi connectivity index (χ2n) is 19.0. The van der Waals surface area contributed by atoms with E-state index in [9.17, 15) is 34.4 Å². The zero-order valence-corrected chi connectivity index (χ0v) is 41.6. The lowest BCUT2D eigenvalue weighted by Crippen LogP contribution is -2.51. The van der Waals surface area contributed by atoms with Crippen LogP contribution in [0.4, 0.5) is 20.2 Å². The van der Waals surface area contributed by atoms with E-state index < -0.39 is 85.1 Å². The summed E-state index contributed by atoms with van der Waals surface area (Å²) in [4.78, 5) is 29.9. The Hall–Kier alpha value is -5.89. The number of nitrogens with one attached hydrogen (secondary N) is 2. The maximum absolute atomic E-state index is 15.6. The first-order valence-electron chi connectivity index (χ1n) is 24.7. The lowest BCUT2D eigenvalue weighted by molar-refractivity contribution is -0.728. The van der Waals surface area contributed by atoms with Crippen LogP contribution in [0, 0.1) is 17.6 Å². The number of rotatable bonds is 22. The minimum absolute atomic E-state index is 0.0817. The molecule has 3 aliphatic rings. The third-order valence-corrected chi connectivity index (χ3v) is 14.0.